The molecular weight excluding hydrogens is 262 g/mol. The molecule has 0 fully saturated rings. The zero-order valence-corrected chi connectivity index (χ0v) is 14.5. The summed E-state index contributed by atoms with van der Waals surface area (Å²) in [7, 11) is 2.09. The Labute approximate surface area is 130 Å². The minimum absolute atomic E-state index is 0.568. The van der Waals surface area contributed by atoms with Crippen molar-refractivity contribution in [1.29, 1.82) is 0 Å². The zero-order valence-electron chi connectivity index (χ0n) is 13.7. The third-order valence-electron chi connectivity index (χ3n) is 4.05. The number of nitrogens with one attached hydrogen (secondary N) is 1. The van der Waals surface area contributed by atoms with E-state index < -0.39 is 0 Å². The normalized spacial score (nSPS) is 12.8. The van der Waals surface area contributed by atoms with Crippen LogP contribution in [0.15, 0.2) is 12.1 Å². The van der Waals surface area contributed by atoms with Gasteiger partial charge in [0.15, 0.2) is 0 Å². The summed E-state index contributed by atoms with van der Waals surface area (Å²) in [5.41, 5.74) is 0. The molecule has 0 aliphatic carbocycles. The Bertz CT molecular complexity index is 332. The summed E-state index contributed by atoms with van der Waals surface area (Å²) in [4.78, 5) is 2.93. The van der Waals surface area contributed by atoms with Crippen molar-refractivity contribution >= 4 is 11.3 Å². The average molecular weight is 296 g/mol. The van der Waals surface area contributed by atoms with Gasteiger partial charge >= 0.3 is 0 Å². The van der Waals surface area contributed by atoms with E-state index in [2.05, 4.69) is 38.3 Å². The van der Waals surface area contributed by atoms with Gasteiger partial charge in [-0.1, -0.05) is 64.7 Å². The molecule has 20 heavy (non-hydrogen) atoms. The number of rotatable bonds is 12. The van der Waals surface area contributed by atoms with Crippen LogP contribution < -0.4 is 5.32 Å². The summed E-state index contributed by atoms with van der Waals surface area (Å²) in [6.07, 6.45) is 14.0. The smallest absolute Gasteiger partial charge is 0.0412 e. The number of unbranched alkanes of at least 4 members (excludes halogenated alkanes) is 8. The highest BCUT2D eigenvalue weighted by molar-refractivity contribution is 7.12. The number of aryl methyl sites for hydroxylation is 1. The van der Waals surface area contributed by atoms with Crippen molar-refractivity contribution < 1.29 is 0 Å². The molecule has 2 heteroatoms. The van der Waals surface area contributed by atoms with Crippen LogP contribution in [0.3, 0.4) is 0 Å². The SMILES string of the molecule is CCCCCCCCCCCC(NC)c1ccc(C)s1. The summed E-state index contributed by atoms with van der Waals surface area (Å²) in [5, 5.41) is 3.47. The van der Waals surface area contributed by atoms with Crippen molar-refractivity contribution in [2.75, 3.05) is 7.05 Å². The molecule has 0 radical (unpaired) electrons. The van der Waals surface area contributed by atoms with Gasteiger partial charge in [-0.05, 0) is 32.5 Å². The van der Waals surface area contributed by atoms with E-state index in [1.54, 1.807) is 0 Å². The van der Waals surface area contributed by atoms with Crippen molar-refractivity contribution in [3.8, 4) is 0 Å². The topological polar surface area (TPSA) is 12.0 Å². The van der Waals surface area contributed by atoms with Crippen LogP contribution in [0.2, 0.25) is 0 Å². The van der Waals surface area contributed by atoms with Crippen LogP contribution in [0.1, 0.15) is 86.9 Å². The molecule has 1 heterocycles. The first-order valence-electron chi connectivity index (χ1n) is 8.51. The highest BCUT2D eigenvalue weighted by atomic mass is 32.1. The van der Waals surface area contributed by atoms with E-state index in [0.29, 0.717) is 6.04 Å². The van der Waals surface area contributed by atoms with Crippen LogP contribution in [0.25, 0.3) is 0 Å². The van der Waals surface area contributed by atoms with E-state index in [1.165, 1.54) is 74.0 Å². The minimum atomic E-state index is 0.568. The van der Waals surface area contributed by atoms with Gasteiger partial charge in [-0.3, -0.25) is 0 Å². The maximum absolute atomic E-state index is 3.47. The van der Waals surface area contributed by atoms with Gasteiger partial charge in [0.2, 0.25) is 0 Å². The lowest BCUT2D eigenvalue weighted by atomic mass is 10.0. The summed E-state index contributed by atoms with van der Waals surface area (Å²) < 4.78 is 0. The van der Waals surface area contributed by atoms with Crippen molar-refractivity contribution in [3.63, 3.8) is 0 Å². The van der Waals surface area contributed by atoms with Crippen molar-refractivity contribution in [2.45, 2.75) is 84.1 Å². The van der Waals surface area contributed by atoms with E-state index in [9.17, 15) is 0 Å². The van der Waals surface area contributed by atoms with Gasteiger partial charge in [0.25, 0.3) is 0 Å². The molecule has 0 spiro atoms. The quantitative estimate of drug-likeness (QED) is 0.450. The Morgan fingerprint density at radius 1 is 0.950 bits per heavy atom. The van der Waals surface area contributed by atoms with E-state index in [4.69, 9.17) is 0 Å². The fourth-order valence-corrected chi connectivity index (χ4v) is 3.75. The standard InChI is InChI=1S/C18H33NS/c1-4-5-6-7-8-9-10-11-12-13-17(19-3)18-15-14-16(2)20-18/h14-15,17,19H,4-13H2,1-3H3. The zero-order chi connectivity index (χ0) is 14.6. The van der Waals surface area contributed by atoms with Crippen LogP contribution in [0.5, 0.6) is 0 Å². The van der Waals surface area contributed by atoms with Gasteiger partial charge in [0.05, 0.1) is 0 Å². The molecule has 0 saturated heterocycles. The second-order valence-electron chi connectivity index (χ2n) is 5.91. The predicted molar refractivity (Wildman–Crippen MR) is 92.7 cm³/mol. The molecule has 0 bridgehead atoms. The van der Waals surface area contributed by atoms with Gasteiger partial charge in [-0.25, -0.2) is 0 Å². The molecule has 1 rings (SSSR count). The molecule has 0 amide bonds. The van der Waals surface area contributed by atoms with Crippen molar-refractivity contribution in [1.82, 2.24) is 5.32 Å². The fraction of sp³-hybridized carbons (Fsp3) is 0.778. The monoisotopic (exact) mass is 295 g/mol. The predicted octanol–water partition coefficient (Wildman–Crippen LogP) is 6.24. The second kappa shape index (κ2) is 11.3. The summed E-state index contributed by atoms with van der Waals surface area (Å²) >= 11 is 1.94. The summed E-state index contributed by atoms with van der Waals surface area (Å²) in [5.74, 6) is 0. The first kappa shape index (κ1) is 17.7. The Balaban J connectivity index is 2.02. The molecule has 1 aromatic rings. The van der Waals surface area contributed by atoms with Gasteiger partial charge in [0, 0.05) is 15.8 Å². The average Bonchev–Trinajstić information content (AvgIpc) is 2.87. The van der Waals surface area contributed by atoms with Crippen LogP contribution in [-0.4, -0.2) is 7.05 Å². The Hall–Kier alpha value is -0.340. The third-order valence-corrected chi connectivity index (χ3v) is 5.16. The van der Waals surface area contributed by atoms with Crippen LogP contribution in [0, 0.1) is 6.92 Å². The van der Waals surface area contributed by atoms with Crippen LogP contribution >= 0.6 is 11.3 Å². The van der Waals surface area contributed by atoms with E-state index in [1.807, 2.05) is 11.3 Å². The van der Waals surface area contributed by atoms with Gasteiger partial charge < -0.3 is 5.32 Å². The lowest BCUT2D eigenvalue weighted by Gasteiger charge is -2.14. The molecule has 116 valence electrons. The Kier molecular flexibility index (Phi) is 10.0. The van der Waals surface area contributed by atoms with Gasteiger partial charge in [-0.15, -0.1) is 11.3 Å². The maximum atomic E-state index is 3.47. The highest BCUT2D eigenvalue weighted by Gasteiger charge is 2.10. The first-order chi connectivity index (χ1) is 9.77. The first-order valence-corrected chi connectivity index (χ1v) is 9.33. The van der Waals surface area contributed by atoms with Crippen LogP contribution in [0.4, 0.5) is 0 Å². The van der Waals surface area contributed by atoms with E-state index in [0.717, 1.165) is 0 Å². The minimum Gasteiger partial charge on any atom is -0.312 e. The van der Waals surface area contributed by atoms with Gasteiger partial charge in [-0.2, -0.15) is 0 Å². The number of hydrogen-bond acceptors (Lipinski definition) is 2. The van der Waals surface area contributed by atoms with E-state index in [-0.39, 0.29) is 0 Å². The molecule has 1 unspecified atom stereocenters. The summed E-state index contributed by atoms with van der Waals surface area (Å²) in [6, 6.07) is 5.09. The van der Waals surface area contributed by atoms with Gasteiger partial charge in [0.1, 0.15) is 0 Å². The molecule has 0 aliphatic rings. The third kappa shape index (κ3) is 7.44. The molecule has 0 saturated carbocycles. The van der Waals surface area contributed by atoms with Crippen molar-refractivity contribution in [2.24, 2.45) is 0 Å². The number of hydrogen-bond donors (Lipinski definition) is 1. The molecule has 0 aromatic carbocycles. The molecule has 0 aliphatic heterocycles. The Morgan fingerprint density at radius 3 is 2.05 bits per heavy atom. The molecule has 1 nitrogen and oxygen atoms in total. The second-order valence-corrected chi connectivity index (χ2v) is 7.23. The van der Waals surface area contributed by atoms with Crippen molar-refractivity contribution in [3.05, 3.63) is 21.9 Å². The fourth-order valence-electron chi connectivity index (χ4n) is 2.73. The molecular formula is C18H33NS. The molecule has 1 atom stereocenters. The maximum Gasteiger partial charge on any atom is 0.0412 e. The lowest BCUT2D eigenvalue weighted by molar-refractivity contribution is 0.498. The van der Waals surface area contributed by atoms with Crippen LogP contribution in [-0.2, 0) is 0 Å². The molecule has 1 N–H and O–H groups in total. The Morgan fingerprint density at radius 2 is 1.55 bits per heavy atom. The lowest BCUT2D eigenvalue weighted by Crippen LogP contribution is -2.14. The number of thiophene rings is 1. The molecule has 1 aromatic heterocycles. The highest BCUT2D eigenvalue weighted by Crippen LogP contribution is 2.26. The van der Waals surface area contributed by atoms with E-state index >= 15 is 0 Å². The largest absolute Gasteiger partial charge is 0.312 e. The summed E-state index contributed by atoms with van der Waals surface area (Å²) in [6.45, 7) is 4.48.